The number of hydrogen-bond acceptors (Lipinski definition) is 4. The van der Waals surface area contributed by atoms with Crippen LogP contribution in [0.2, 0.25) is 0 Å². The van der Waals surface area contributed by atoms with Crippen LogP contribution in [0.15, 0.2) is 24.3 Å². The van der Waals surface area contributed by atoms with Crippen LogP contribution in [-0.2, 0) is 9.53 Å². The maximum Gasteiger partial charge on any atom is 0.328 e. The first kappa shape index (κ1) is 15.4. The first-order chi connectivity index (χ1) is 10.1. The Balaban J connectivity index is 2.08. The van der Waals surface area contributed by atoms with E-state index in [2.05, 4.69) is 6.92 Å². The molecule has 1 fully saturated rings. The van der Waals surface area contributed by atoms with E-state index in [1.54, 1.807) is 25.3 Å². The molecular formula is C16H20O5. The second-order valence-corrected chi connectivity index (χ2v) is 5.03. The number of carboxylic acids is 1. The summed E-state index contributed by atoms with van der Waals surface area (Å²) in [5.74, 6) is 0.270. The Morgan fingerprint density at radius 2 is 2.29 bits per heavy atom. The zero-order valence-corrected chi connectivity index (χ0v) is 12.2. The van der Waals surface area contributed by atoms with E-state index in [1.807, 2.05) is 0 Å². The number of ether oxygens (including phenoxy) is 3. The normalized spacial score (nSPS) is 21.6. The van der Waals surface area contributed by atoms with Crippen LogP contribution in [0.4, 0.5) is 0 Å². The summed E-state index contributed by atoms with van der Waals surface area (Å²) in [4.78, 5) is 10.7. The van der Waals surface area contributed by atoms with Gasteiger partial charge in [0.2, 0.25) is 0 Å². The molecule has 0 aliphatic carbocycles. The molecule has 0 radical (unpaired) electrons. The fourth-order valence-electron chi connectivity index (χ4n) is 2.27. The SMILES string of the molecule is COc1ccc(OCC2CCC(C)O2)c(/C=C/C(=O)O)c1. The van der Waals surface area contributed by atoms with Crippen molar-refractivity contribution in [3.63, 3.8) is 0 Å². The van der Waals surface area contributed by atoms with Crippen molar-refractivity contribution in [2.45, 2.75) is 32.0 Å². The predicted molar refractivity (Wildman–Crippen MR) is 78.7 cm³/mol. The quantitative estimate of drug-likeness (QED) is 0.817. The van der Waals surface area contributed by atoms with Crippen LogP contribution in [0.1, 0.15) is 25.3 Å². The smallest absolute Gasteiger partial charge is 0.328 e. The number of carboxylic acid groups (broad SMARTS) is 1. The number of carbonyl (C=O) groups is 1. The zero-order valence-electron chi connectivity index (χ0n) is 12.2. The summed E-state index contributed by atoms with van der Waals surface area (Å²) in [7, 11) is 1.56. The average Bonchev–Trinajstić information content (AvgIpc) is 2.88. The molecule has 0 aromatic heterocycles. The molecule has 114 valence electrons. The van der Waals surface area contributed by atoms with Gasteiger partial charge in [-0.25, -0.2) is 4.79 Å². The third-order valence-electron chi connectivity index (χ3n) is 3.37. The number of hydrogen-bond donors (Lipinski definition) is 1. The van der Waals surface area contributed by atoms with Crippen molar-refractivity contribution in [2.75, 3.05) is 13.7 Å². The van der Waals surface area contributed by atoms with E-state index in [4.69, 9.17) is 19.3 Å². The Bertz CT molecular complexity index is 523. The van der Waals surface area contributed by atoms with Crippen LogP contribution in [-0.4, -0.2) is 37.0 Å². The van der Waals surface area contributed by atoms with Crippen molar-refractivity contribution in [1.29, 1.82) is 0 Å². The van der Waals surface area contributed by atoms with Crippen molar-refractivity contribution in [3.05, 3.63) is 29.8 Å². The minimum atomic E-state index is -1.00. The fraction of sp³-hybridized carbons (Fsp3) is 0.438. The van der Waals surface area contributed by atoms with Gasteiger partial charge >= 0.3 is 5.97 Å². The van der Waals surface area contributed by atoms with Gasteiger partial charge in [-0.1, -0.05) is 0 Å². The van der Waals surface area contributed by atoms with E-state index in [9.17, 15) is 4.79 Å². The lowest BCUT2D eigenvalue weighted by atomic mass is 10.1. The maximum atomic E-state index is 10.7. The lowest BCUT2D eigenvalue weighted by Gasteiger charge is -2.15. The Kier molecular flexibility index (Phi) is 5.22. The molecule has 1 aliphatic heterocycles. The van der Waals surface area contributed by atoms with Gasteiger partial charge in [0.15, 0.2) is 0 Å². The number of benzene rings is 1. The minimum Gasteiger partial charge on any atom is -0.497 e. The number of methoxy groups -OCH3 is 1. The van der Waals surface area contributed by atoms with Gasteiger partial charge in [-0.15, -0.1) is 0 Å². The molecule has 0 bridgehead atoms. The summed E-state index contributed by atoms with van der Waals surface area (Å²) in [6.45, 7) is 2.51. The van der Waals surface area contributed by atoms with Gasteiger partial charge in [0.05, 0.1) is 19.3 Å². The van der Waals surface area contributed by atoms with E-state index >= 15 is 0 Å². The summed E-state index contributed by atoms with van der Waals surface area (Å²) in [5, 5.41) is 8.74. The maximum absolute atomic E-state index is 10.7. The van der Waals surface area contributed by atoms with Crippen molar-refractivity contribution in [1.82, 2.24) is 0 Å². The highest BCUT2D eigenvalue weighted by Gasteiger charge is 2.22. The Labute approximate surface area is 124 Å². The molecule has 1 aromatic rings. The van der Waals surface area contributed by atoms with E-state index < -0.39 is 5.97 Å². The van der Waals surface area contributed by atoms with Crippen LogP contribution in [0.25, 0.3) is 6.08 Å². The lowest BCUT2D eigenvalue weighted by Crippen LogP contribution is -2.18. The molecule has 0 amide bonds. The summed E-state index contributed by atoms with van der Waals surface area (Å²) in [5.41, 5.74) is 0.669. The second-order valence-electron chi connectivity index (χ2n) is 5.03. The molecule has 2 unspecified atom stereocenters. The van der Waals surface area contributed by atoms with E-state index in [1.165, 1.54) is 6.08 Å². The van der Waals surface area contributed by atoms with Crippen LogP contribution < -0.4 is 9.47 Å². The molecule has 1 saturated heterocycles. The van der Waals surface area contributed by atoms with Gasteiger partial charge in [-0.05, 0) is 44.0 Å². The monoisotopic (exact) mass is 292 g/mol. The summed E-state index contributed by atoms with van der Waals surface area (Å²) < 4.78 is 16.6. The Morgan fingerprint density at radius 3 is 2.90 bits per heavy atom. The molecule has 1 N–H and O–H groups in total. The van der Waals surface area contributed by atoms with Crippen LogP contribution in [0.5, 0.6) is 11.5 Å². The standard InChI is InChI=1S/C16H20O5/c1-11-3-5-14(21-11)10-20-15-7-6-13(19-2)9-12(15)4-8-16(17)18/h4,6-9,11,14H,3,5,10H2,1-2H3,(H,17,18)/b8-4+. The summed E-state index contributed by atoms with van der Waals surface area (Å²) >= 11 is 0. The first-order valence-corrected chi connectivity index (χ1v) is 6.96. The summed E-state index contributed by atoms with van der Waals surface area (Å²) in [6, 6.07) is 5.30. The van der Waals surface area contributed by atoms with Crippen LogP contribution in [0, 0.1) is 0 Å². The van der Waals surface area contributed by atoms with Gasteiger partial charge in [-0.2, -0.15) is 0 Å². The van der Waals surface area contributed by atoms with Crippen LogP contribution in [0.3, 0.4) is 0 Å². The van der Waals surface area contributed by atoms with Crippen molar-refractivity contribution < 1.29 is 24.1 Å². The summed E-state index contributed by atoms with van der Waals surface area (Å²) in [6.07, 6.45) is 4.98. The highest BCUT2D eigenvalue weighted by molar-refractivity contribution is 5.86. The highest BCUT2D eigenvalue weighted by atomic mass is 16.5. The van der Waals surface area contributed by atoms with E-state index in [0.717, 1.165) is 18.9 Å². The van der Waals surface area contributed by atoms with Crippen molar-refractivity contribution in [2.24, 2.45) is 0 Å². The van der Waals surface area contributed by atoms with E-state index in [-0.39, 0.29) is 12.2 Å². The third kappa shape index (κ3) is 4.49. The third-order valence-corrected chi connectivity index (χ3v) is 3.37. The molecular weight excluding hydrogens is 272 g/mol. The van der Waals surface area contributed by atoms with Gasteiger partial charge in [0, 0.05) is 11.6 Å². The lowest BCUT2D eigenvalue weighted by molar-refractivity contribution is -0.131. The average molecular weight is 292 g/mol. The molecule has 1 heterocycles. The largest absolute Gasteiger partial charge is 0.497 e. The molecule has 5 heteroatoms. The molecule has 1 aliphatic rings. The molecule has 5 nitrogen and oxygen atoms in total. The molecule has 0 spiro atoms. The molecule has 1 aromatic carbocycles. The van der Waals surface area contributed by atoms with Gasteiger partial charge in [-0.3, -0.25) is 0 Å². The predicted octanol–water partition coefficient (Wildman–Crippen LogP) is 2.74. The second kappa shape index (κ2) is 7.13. The molecule has 2 rings (SSSR count). The Morgan fingerprint density at radius 1 is 1.48 bits per heavy atom. The highest BCUT2D eigenvalue weighted by Crippen LogP contribution is 2.27. The minimum absolute atomic E-state index is 0.0957. The van der Waals surface area contributed by atoms with Crippen molar-refractivity contribution >= 4 is 12.0 Å². The fourth-order valence-corrected chi connectivity index (χ4v) is 2.27. The van der Waals surface area contributed by atoms with Gasteiger partial charge in [0.1, 0.15) is 18.1 Å². The van der Waals surface area contributed by atoms with E-state index in [0.29, 0.717) is 23.7 Å². The Hall–Kier alpha value is -2.01. The van der Waals surface area contributed by atoms with Crippen LogP contribution >= 0.6 is 0 Å². The van der Waals surface area contributed by atoms with Crippen molar-refractivity contribution in [3.8, 4) is 11.5 Å². The molecule has 2 atom stereocenters. The molecule has 0 saturated carbocycles. The topological polar surface area (TPSA) is 65.0 Å². The van der Waals surface area contributed by atoms with Gasteiger partial charge < -0.3 is 19.3 Å². The molecule has 21 heavy (non-hydrogen) atoms. The number of rotatable bonds is 6. The zero-order chi connectivity index (χ0) is 15.2. The number of aliphatic carboxylic acids is 1. The van der Waals surface area contributed by atoms with Gasteiger partial charge in [0.25, 0.3) is 0 Å². The first-order valence-electron chi connectivity index (χ1n) is 6.96.